The zero-order valence-corrected chi connectivity index (χ0v) is 12.4. The van der Waals surface area contributed by atoms with Crippen LogP contribution >= 0.6 is 0 Å². The highest BCUT2D eigenvalue weighted by molar-refractivity contribution is 5.94. The lowest BCUT2D eigenvalue weighted by Crippen LogP contribution is -2.28. The first-order chi connectivity index (χ1) is 9.11. The minimum Gasteiger partial charge on any atom is -0.342 e. The predicted molar refractivity (Wildman–Crippen MR) is 77.1 cm³/mol. The normalized spacial score (nSPS) is 10.7. The summed E-state index contributed by atoms with van der Waals surface area (Å²) in [5, 5.41) is 4.27. The van der Waals surface area contributed by atoms with Gasteiger partial charge in [-0.05, 0) is 26.3 Å². The Labute approximate surface area is 115 Å². The molecule has 0 aliphatic rings. The Hall–Kier alpha value is -1.36. The van der Waals surface area contributed by atoms with Crippen LogP contribution in [0.3, 0.4) is 0 Å². The molecule has 1 rings (SSSR count). The van der Waals surface area contributed by atoms with E-state index in [4.69, 9.17) is 5.73 Å². The lowest BCUT2D eigenvalue weighted by atomic mass is 10.2. The second-order valence-electron chi connectivity index (χ2n) is 4.94. The number of unbranched alkanes of at least 4 members (excludes halogenated alkanes) is 2. The fourth-order valence-corrected chi connectivity index (χ4v) is 2.03. The first-order valence-corrected chi connectivity index (χ1v) is 7.09. The van der Waals surface area contributed by atoms with Crippen molar-refractivity contribution in [1.82, 2.24) is 14.7 Å². The van der Waals surface area contributed by atoms with E-state index in [1.807, 2.05) is 18.7 Å². The van der Waals surface area contributed by atoms with E-state index >= 15 is 0 Å². The maximum atomic E-state index is 12.3. The van der Waals surface area contributed by atoms with Crippen LogP contribution in [0.4, 0.5) is 0 Å². The molecule has 0 fully saturated rings. The molecule has 1 amide bonds. The molecule has 5 heteroatoms. The molecular weight excluding hydrogens is 240 g/mol. The summed E-state index contributed by atoms with van der Waals surface area (Å²) in [7, 11) is 1.86. The maximum absolute atomic E-state index is 12.3. The Balaban J connectivity index is 2.63. The topological polar surface area (TPSA) is 64.2 Å². The smallest absolute Gasteiger partial charge is 0.257 e. The van der Waals surface area contributed by atoms with Gasteiger partial charge in [-0.3, -0.25) is 9.48 Å². The largest absolute Gasteiger partial charge is 0.342 e. The number of carbonyl (C=O) groups is 1. The summed E-state index contributed by atoms with van der Waals surface area (Å²) in [4.78, 5) is 14.1. The van der Waals surface area contributed by atoms with Gasteiger partial charge in [-0.15, -0.1) is 0 Å². The van der Waals surface area contributed by atoms with Gasteiger partial charge in [-0.1, -0.05) is 19.8 Å². The van der Waals surface area contributed by atoms with Crippen molar-refractivity contribution in [3.05, 3.63) is 17.5 Å². The molecule has 5 nitrogen and oxygen atoms in total. The first kappa shape index (κ1) is 15.7. The highest BCUT2D eigenvalue weighted by atomic mass is 16.2. The quantitative estimate of drug-likeness (QED) is 0.730. The zero-order valence-electron chi connectivity index (χ0n) is 12.4. The Bertz CT molecular complexity index is 400. The fourth-order valence-electron chi connectivity index (χ4n) is 2.03. The van der Waals surface area contributed by atoms with Crippen LogP contribution in [-0.2, 0) is 6.54 Å². The van der Waals surface area contributed by atoms with E-state index in [2.05, 4.69) is 12.0 Å². The number of amides is 1. The number of aryl methyl sites for hydroxylation is 1. The van der Waals surface area contributed by atoms with Gasteiger partial charge < -0.3 is 10.6 Å². The molecule has 0 atom stereocenters. The van der Waals surface area contributed by atoms with Gasteiger partial charge in [0, 0.05) is 25.8 Å². The van der Waals surface area contributed by atoms with Gasteiger partial charge in [0.1, 0.15) is 0 Å². The van der Waals surface area contributed by atoms with Gasteiger partial charge in [0.05, 0.1) is 11.8 Å². The minimum atomic E-state index is 0.0626. The summed E-state index contributed by atoms with van der Waals surface area (Å²) in [6.07, 6.45) is 5.93. The molecule has 0 unspecified atom stereocenters. The van der Waals surface area contributed by atoms with Gasteiger partial charge in [0.15, 0.2) is 0 Å². The van der Waals surface area contributed by atoms with Crippen LogP contribution in [0.15, 0.2) is 6.20 Å². The number of hydrogen-bond donors (Lipinski definition) is 1. The molecule has 1 heterocycles. The SMILES string of the molecule is CCCCCN(C)C(=O)c1cnn(CCCN)c1C. The molecule has 0 aliphatic heterocycles. The van der Waals surface area contributed by atoms with E-state index < -0.39 is 0 Å². The Kier molecular flexibility index (Phi) is 6.56. The average Bonchev–Trinajstić information content (AvgIpc) is 2.77. The number of aromatic nitrogens is 2. The van der Waals surface area contributed by atoms with Crippen molar-refractivity contribution in [3.63, 3.8) is 0 Å². The van der Waals surface area contributed by atoms with Crippen molar-refractivity contribution in [2.24, 2.45) is 5.73 Å². The van der Waals surface area contributed by atoms with Crippen LogP contribution in [0, 0.1) is 6.92 Å². The molecule has 19 heavy (non-hydrogen) atoms. The number of nitrogens with two attached hydrogens (primary N) is 1. The molecule has 0 aliphatic carbocycles. The van der Waals surface area contributed by atoms with Crippen molar-refractivity contribution in [2.45, 2.75) is 46.1 Å². The van der Waals surface area contributed by atoms with Crippen LogP contribution < -0.4 is 5.73 Å². The Morgan fingerprint density at radius 2 is 2.16 bits per heavy atom. The van der Waals surface area contributed by atoms with Crippen LogP contribution in [0.1, 0.15) is 48.7 Å². The molecule has 0 spiro atoms. The monoisotopic (exact) mass is 266 g/mol. The summed E-state index contributed by atoms with van der Waals surface area (Å²) in [5.41, 5.74) is 7.13. The average molecular weight is 266 g/mol. The number of rotatable bonds is 8. The second kappa shape index (κ2) is 7.94. The first-order valence-electron chi connectivity index (χ1n) is 7.09. The number of carbonyl (C=O) groups excluding carboxylic acids is 1. The van der Waals surface area contributed by atoms with Crippen molar-refractivity contribution >= 4 is 5.91 Å². The number of hydrogen-bond acceptors (Lipinski definition) is 3. The molecule has 2 N–H and O–H groups in total. The number of nitrogens with zero attached hydrogens (tertiary/aromatic N) is 3. The molecule has 0 bridgehead atoms. The molecule has 108 valence electrons. The highest BCUT2D eigenvalue weighted by Crippen LogP contribution is 2.11. The predicted octanol–water partition coefficient (Wildman–Crippen LogP) is 1.80. The van der Waals surface area contributed by atoms with Crippen LogP contribution in [0.5, 0.6) is 0 Å². The molecule has 0 aromatic carbocycles. The summed E-state index contributed by atoms with van der Waals surface area (Å²) >= 11 is 0. The zero-order chi connectivity index (χ0) is 14.3. The van der Waals surface area contributed by atoms with Gasteiger partial charge in [-0.2, -0.15) is 5.10 Å². The summed E-state index contributed by atoms with van der Waals surface area (Å²) in [6.45, 7) is 6.32. The van der Waals surface area contributed by atoms with Gasteiger partial charge in [-0.25, -0.2) is 0 Å². The lowest BCUT2D eigenvalue weighted by Gasteiger charge is -2.16. The van der Waals surface area contributed by atoms with E-state index in [1.54, 1.807) is 11.1 Å². The van der Waals surface area contributed by atoms with E-state index in [-0.39, 0.29) is 5.91 Å². The van der Waals surface area contributed by atoms with Crippen molar-refractivity contribution in [2.75, 3.05) is 20.1 Å². The van der Waals surface area contributed by atoms with Crippen LogP contribution in [0.25, 0.3) is 0 Å². The third-order valence-electron chi connectivity index (χ3n) is 3.35. The van der Waals surface area contributed by atoms with Crippen LogP contribution in [-0.4, -0.2) is 40.7 Å². The van der Waals surface area contributed by atoms with Crippen molar-refractivity contribution in [3.8, 4) is 0 Å². The van der Waals surface area contributed by atoms with E-state index in [9.17, 15) is 4.79 Å². The van der Waals surface area contributed by atoms with Crippen molar-refractivity contribution in [1.29, 1.82) is 0 Å². The van der Waals surface area contributed by atoms with Gasteiger partial charge in [0.25, 0.3) is 5.91 Å². The molecule has 1 aromatic rings. The minimum absolute atomic E-state index is 0.0626. The van der Waals surface area contributed by atoms with Crippen molar-refractivity contribution < 1.29 is 4.79 Å². The standard InChI is InChI=1S/C14H26N4O/c1-4-5-6-9-17(3)14(19)13-11-16-18(12(13)2)10-7-8-15/h11H,4-10,15H2,1-3H3. The Morgan fingerprint density at radius 3 is 2.79 bits per heavy atom. The van der Waals surface area contributed by atoms with E-state index in [0.717, 1.165) is 44.5 Å². The fraction of sp³-hybridized carbons (Fsp3) is 0.714. The Morgan fingerprint density at radius 1 is 1.42 bits per heavy atom. The summed E-state index contributed by atoms with van der Waals surface area (Å²) in [5.74, 6) is 0.0626. The molecule has 0 saturated heterocycles. The molecule has 0 radical (unpaired) electrons. The van der Waals surface area contributed by atoms with Gasteiger partial charge >= 0.3 is 0 Å². The maximum Gasteiger partial charge on any atom is 0.257 e. The third-order valence-corrected chi connectivity index (χ3v) is 3.35. The third kappa shape index (κ3) is 4.35. The molecule has 1 aromatic heterocycles. The van der Waals surface area contributed by atoms with E-state index in [1.165, 1.54) is 0 Å². The van der Waals surface area contributed by atoms with E-state index in [0.29, 0.717) is 12.1 Å². The highest BCUT2D eigenvalue weighted by Gasteiger charge is 2.17. The lowest BCUT2D eigenvalue weighted by molar-refractivity contribution is 0.0792. The molecular formula is C14H26N4O. The van der Waals surface area contributed by atoms with Gasteiger partial charge in [0.2, 0.25) is 0 Å². The molecule has 0 saturated carbocycles. The summed E-state index contributed by atoms with van der Waals surface area (Å²) < 4.78 is 1.86. The summed E-state index contributed by atoms with van der Waals surface area (Å²) in [6, 6.07) is 0. The van der Waals surface area contributed by atoms with Crippen LogP contribution in [0.2, 0.25) is 0 Å². The second-order valence-corrected chi connectivity index (χ2v) is 4.94.